The number of ether oxygens (including phenoxy) is 1. The number of hydrogen-bond donors (Lipinski definition) is 1. The SMILES string of the molecule is CC[C@H](C)[C@H](NC(=O)Cc1csc2ccccc12)C(=O)OC. The molecule has 1 heterocycles. The third-order valence-electron chi connectivity index (χ3n) is 3.90. The van der Waals surface area contributed by atoms with Crippen molar-refractivity contribution in [3.8, 4) is 0 Å². The Morgan fingerprint density at radius 3 is 2.73 bits per heavy atom. The van der Waals surface area contributed by atoms with Crippen LogP contribution in [0.4, 0.5) is 0 Å². The van der Waals surface area contributed by atoms with Crippen molar-refractivity contribution in [2.24, 2.45) is 5.92 Å². The molecule has 0 radical (unpaired) electrons. The molecule has 0 saturated heterocycles. The molecule has 0 bridgehead atoms. The summed E-state index contributed by atoms with van der Waals surface area (Å²) in [6.07, 6.45) is 1.06. The van der Waals surface area contributed by atoms with Gasteiger partial charge in [-0.2, -0.15) is 0 Å². The first-order valence-corrected chi connectivity index (χ1v) is 8.27. The largest absolute Gasteiger partial charge is 0.467 e. The van der Waals surface area contributed by atoms with Crippen molar-refractivity contribution in [2.75, 3.05) is 7.11 Å². The van der Waals surface area contributed by atoms with E-state index in [0.717, 1.165) is 22.1 Å². The van der Waals surface area contributed by atoms with E-state index in [2.05, 4.69) is 5.32 Å². The standard InChI is InChI=1S/C17H21NO3S/c1-4-11(2)16(17(20)21-3)18-15(19)9-12-10-22-14-8-6-5-7-13(12)14/h5-8,10-11,16H,4,9H2,1-3H3,(H,18,19)/t11-,16-/m0/s1. The average Bonchev–Trinajstić information content (AvgIpc) is 2.94. The minimum atomic E-state index is -0.590. The van der Waals surface area contributed by atoms with Crippen molar-refractivity contribution in [3.05, 3.63) is 35.2 Å². The first kappa shape index (κ1) is 16.5. The third-order valence-corrected chi connectivity index (χ3v) is 4.91. The van der Waals surface area contributed by atoms with Crippen LogP contribution in [0.1, 0.15) is 25.8 Å². The van der Waals surface area contributed by atoms with Gasteiger partial charge in [-0.3, -0.25) is 4.79 Å². The van der Waals surface area contributed by atoms with Gasteiger partial charge in [-0.15, -0.1) is 11.3 Å². The van der Waals surface area contributed by atoms with E-state index in [0.29, 0.717) is 0 Å². The summed E-state index contributed by atoms with van der Waals surface area (Å²) in [5.74, 6) is -0.507. The van der Waals surface area contributed by atoms with Gasteiger partial charge in [0, 0.05) is 4.70 Å². The van der Waals surface area contributed by atoms with E-state index in [-0.39, 0.29) is 18.2 Å². The van der Waals surface area contributed by atoms with Gasteiger partial charge in [0.25, 0.3) is 0 Å². The Morgan fingerprint density at radius 2 is 2.05 bits per heavy atom. The molecule has 0 fully saturated rings. The Morgan fingerprint density at radius 1 is 1.32 bits per heavy atom. The number of carbonyl (C=O) groups is 2. The number of thiophene rings is 1. The zero-order valence-corrected chi connectivity index (χ0v) is 13.9. The van der Waals surface area contributed by atoms with Gasteiger partial charge in [0.2, 0.25) is 5.91 Å². The summed E-state index contributed by atoms with van der Waals surface area (Å²) in [7, 11) is 1.34. The summed E-state index contributed by atoms with van der Waals surface area (Å²) in [6.45, 7) is 3.92. The predicted molar refractivity (Wildman–Crippen MR) is 88.9 cm³/mol. The molecule has 1 amide bonds. The van der Waals surface area contributed by atoms with E-state index in [9.17, 15) is 9.59 Å². The molecular formula is C17H21NO3S. The van der Waals surface area contributed by atoms with Gasteiger partial charge in [0.1, 0.15) is 6.04 Å². The van der Waals surface area contributed by atoms with Crippen molar-refractivity contribution in [3.63, 3.8) is 0 Å². The molecule has 1 aromatic heterocycles. The molecule has 4 nitrogen and oxygen atoms in total. The number of methoxy groups -OCH3 is 1. The monoisotopic (exact) mass is 319 g/mol. The number of rotatable bonds is 6. The molecule has 0 unspecified atom stereocenters. The quantitative estimate of drug-likeness (QED) is 0.832. The van der Waals surface area contributed by atoms with Gasteiger partial charge in [0.15, 0.2) is 0 Å². The highest BCUT2D eigenvalue weighted by Gasteiger charge is 2.26. The van der Waals surface area contributed by atoms with Gasteiger partial charge in [-0.25, -0.2) is 4.79 Å². The molecule has 22 heavy (non-hydrogen) atoms. The molecule has 2 rings (SSSR count). The zero-order valence-electron chi connectivity index (χ0n) is 13.1. The molecule has 5 heteroatoms. The van der Waals surface area contributed by atoms with Crippen LogP contribution >= 0.6 is 11.3 Å². The Balaban J connectivity index is 2.09. The predicted octanol–water partition coefficient (Wildman–Crippen LogP) is 3.15. The summed E-state index contributed by atoms with van der Waals surface area (Å²) in [6, 6.07) is 7.41. The first-order valence-electron chi connectivity index (χ1n) is 7.39. The molecule has 0 aliphatic heterocycles. The molecule has 1 N–H and O–H groups in total. The molecule has 0 saturated carbocycles. The van der Waals surface area contributed by atoms with Crippen LogP contribution in [0.25, 0.3) is 10.1 Å². The van der Waals surface area contributed by atoms with Crippen LogP contribution in [0.5, 0.6) is 0 Å². The second kappa shape index (κ2) is 7.40. The lowest BCUT2D eigenvalue weighted by atomic mass is 9.99. The van der Waals surface area contributed by atoms with Crippen LogP contribution in [0.3, 0.4) is 0 Å². The van der Waals surface area contributed by atoms with E-state index in [1.807, 2.05) is 43.5 Å². The van der Waals surface area contributed by atoms with E-state index < -0.39 is 12.0 Å². The van der Waals surface area contributed by atoms with Gasteiger partial charge in [-0.1, -0.05) is 38.5 Å². The highest BCUT2D eigenvalue weighted by molar-refractivity contribution is 7.17. The van der Waals surface area contributed by atoms with Crippen LogP contribution in [-0.2, 0) is 20.7 Å². The molecule has 0 spiro atoms. The Hall–Kier alpha value is -1.88. The molecule has 0 aliphatic rings. The van der Waals surface area contributed by atoms with Gasteiger partial charge in [-0.05, 0) is 28.3 Å². The highest BCUT2D eigenvalue weighted by Crippen LogP contribution is 2.26. The smallest absolute Gasteiger partial charge is 0.328 e. The van der Waals surface area contributed by atoms with Crippen molar-refractivity contribution >= 4 is 33.3 Å². The van der Waals surface area contributed by atoms with Gasteiger partial charge in [0.05, 0.1) is 13.5 Å². The molecule has 1 aromatic carbocycles. The fourth-order valence-electron chi connectivity index (χ4n) is 2.36. The number of carbonyl (C=O) groups excluding carboxylic acids is 2. The van der Waals surface area contributed by atoms with Crippen LogP contribution in [0, 0.1) is 5.92 Å². The molecule has 118 valence electrons. The molecule has 2 aromatic rings. The fraction of sp³-hybridized carbons (Fsp3) is 0.412. The van der Waals surface area contributed by atoms with Crippen LogP contribution in [0.15, 0.2) is 29.6 Å². The maximum absolute atomic E-state index is 12.3. The molecular weight excluding hydrogens is 298 g/mol. The van der Waals surface area contributed by atoms with E-state index >= 15 is 0 Å². The van der Waals surface area contributed by atoms with E-state index in [1.54, 1.807) is 11.3 Å². The second-order valence-electron chi connectivity index (χ2n) is 5.39. The lowest BCUT2D eigenvalue weighted by Crippen LogP contribution is -2.46. The van der Waals surface area contributed by atoms with Crippen molar-refractivity contribution in [1.82, 2.24) is 5.32 Å². The van der Waals surface area contributed by atoms with Crippen molar-refractivity contribution < 1.29 is 14.3 Å². The number of esters is 1. The van der Waals surface area contributed by atoms with Gasteiger partial charge >= 0.3 is 5.97 Å². The van der Waals surface area contributed by atoms with Gasteiger partial charge < -0.3 is 10.1 Å². The lowest BCUT2D eigenvalue weighted by molar-refractivity contribution is -0.146. The van der Waals surface area contributed by atoms with Crippen molar-refractivity contribution in [1.29, 1.82) is 0 Å². The number of benzene rings is 1. The first-order chi connectivity index (χ1) is 10.6. The second-order valence-corrected chi connectivity index (χ2v) is 6.30. The minimum Gasteiger partial charge on any atom is -0.467 e. The number of fused-ring (bicyclic) bond motifs is 1. The number of amides is 1. The van der Waals surface area contributed by atoms with E-state index in [4.69, 9.17) is 4.74 Å². The van der Waals surface area contributed by atoms with Crippen molar-refractivity contribution in [2.45, 2.75) is 32.7 Å². The van der Waals surface area contributed by atoms with Crippen LogP contribution in [-0.4, -0.2) is 25.0 Å². The molecule has 2 atom stereocenters. The van der Waals surface area contributed by atoms with Crippen LogP contribution < -0.4 is 5.32 Å². The minimum absolute atomic E-state index is 0.0376. The summed E-state index contributed by atoms with van der Waals surface area (Å²) >= 11 is 1.62. The van der Waals surface area contributed by atoms with Crippen LogP contribution in [0.2, 0.25) is 0 Å². The topological polar surface area (TPSA) is 55.4 Å². The molecule has 0 aliphatic carbocycles. The average molecular weight is 319 g/mol. The Bertz CT molecular complexity index is 665. The normalized spacial score (nSPS) is 13.6. The third kappa shape index (κ3) is 3.65. The Labute approximate surface area is 134 Å². The summed E-state index contributed by atoms with van der Waals surface area (Å²) in [5, 5.41) is 5.91. The van der Waals surface area contributed by atoms with E-state index in [1.165, 1.54) is 7.11 Å². The number of hydrogen-bond acceptors (Lipinski definition) is 4. The highest BCUT2D eigenvalue weighted by atomic mass is 32.1. The summed E-state index contributed by atoms with van der Waals surface area (Å²) in [4.78, 5) is 24.1. The number of nitrogens with one attached hydrogen (secondary N) is 1. The lowest BCUT2D eigenvalue weighted by Gasteiger charge is -2.21. The fourth-order valence-corrected chi connectivity index (χ4v) is 3.33. The summed E-state index contributed by atoms with van der Waals surface area (Å²) in [5.41, 5.74) is 0.992. The Kier molecular flexibility index (Phi) is 5.55. The zero-order chi connectivity index (χ0) is 16.1. The maximum Gasteiger partial charge on any atom is 0.328 e. The maximum atomic E-state index is 12.3. The summed E-state index contributed by atoms with van der Waals surface area (Å²) < 4.78 is 5.95.